The number of fused-ring (bicyclic) bond motifs is 1. The molecule has 0 aliphatic carbocycles. The fourth-order valence-electron chi connectivity index (χ4n) is 3.63. The van der Waals surface area contributed by atoms with Crippen molar-refractivity contribution in [3.8, 4) is 28.5 Å². The molecule has 2 aromatic heterocycles. The van der Waals surface area contributed by atoms with E-state index in [2.05, 4.69) is 10.3 Å². The third-order valence-electron chi connectivity index (χ3n) is 5.21. The number of pyridine rings is 2. The molecule has 0 bridgehead atoms. The Kier molecular flexibility index (Phi) is 6.73. The number of anilines is 1. The van der Waals surface area contributed by atoms with Crippen molar-refractivity contribution in [2.75, 3.05) is 11.9 Å². The molecule has 12 nitrogen and oxygen atoms in total. The van der Waals surface area contributed by atoms with Crippen molar-refractivity contribution in [1.82, 2.24) is 9.55 Å². The van der Waals surface area contributed by atoms with E-state index in [1.165, 1.54) is 36.7 Å². The maximum atomic E-state index is 12.9. The number of carboxylic acid groups (broad SMARTS) is 1. The molecule has 0 saturated heterocycles. The summed E-state index contributed by atoms with van der Waals surface area (Å²) < 4.78 is 11.0. The van der Waals surface area contributed by atoms with Crippen LogP contribution in [0.25, 0.3) is 22.2 Å². The number of phenols is 2. The Morgan fingerprint density at radius 2 is 1.86 bits per heavy atom. The lowest BCUT2D eigenvalue weighted by Crippen LogP contribution is -2.19. The zero-order valence-electron chi connectivity index (χ0n) is 19.2. The SMILES string of the molecule is CCOC(=O)Nc1cc(OC(=O)c2cccnc2)ccc1-c1cc(=O)c2c(O)c(O)ccc2n1C(=O)O. The van der Waals surface area contributed by atoms with E-state index in [0.29, 0.717) is 4.57 Å². The van der Waals surface area contributed by atoms with Crippen molar-refractivity contribution in [3.63, 3.8) is 0 Å². The van der Waals surface area contributed by atoms with E-state index in [9.17, 15) is 34.5 Å². The predicted molar refractivity (Wildman–Crippen MR) is 130 cm³/mol. The minimum atomic E-state index is -1.51. The first-order chi connectivity index (χ1) is 17.7. The first-order valence-corrected chi connectivity index (χ1v) is 10.8. The molecule has 4 rings (SSSR count). The van der Waals surface area contributed by atoms with Crippen molar-refractivity contribution < 1.29 is 39.2 Å². The molecule has 12 heteroatoms. The van der Waals surface area contributed by atoms with E-state index in [4.69, 9.17) is 9.47 Å². The van der Waals surface area contributed by atoms with Gasteiger partial charge in [-0.3, -0.25) is 15.1 Å². The maximum Gasteiger partial charge on any atom is 0.416 e. The standard InChI is InChI=1S/C25H19N3O9/c1-2-36-24(33)27-16-10-14(37-23(32)13-4-3-9-26-12-13)5-6-15(16)18-11-20(30)21-17(28(18)25(34)35)7-8-19(29)22(21)31/h3-12,29,31H,2H2,1H3,(H,27,33)(H,34,35). The number of nitrogens with one attached hydrogen (secondary N) is 1. The van der Waals surface area contributed by atoms with Gasteiger partial charge in [0.15, 0.2) is 16.9 Å². The summed E-state index contributed by atoms with van der Waals surface area (Å²) in [5, 5.41) is 32.0. The second kappa shape index (κ2) is 10.1. The van der Waals surface area contributed by atoms with Gasteiger partial charge in [-0.2, -0.15) is 0 Å². The van der Waals surface area contributed by atoms with Crippen LogP contribution in [-0.2, 0) is 4.74 Å². The predicted octanol–water partition coefficient (Wildman–Crippen LogP) is 3.79. The normalized spacial score (nSPS) is 10.6. The first-order valence-electron chi connectivity index (χ1n) is 10.8. The number of hydrogen-bond donors (Lipinski definition) is 4. The number of phenolic OH excluding ortho intramolecular Hbond substituents is 2. The molecule has 0 unspecified atom stereocenters. The molecular weight excluding hydrogens is 486 g/mol. The molecule has 0 aliphatic rings. The molecule has 2 aromatic carbocycles. The number of nitrogens with zero attached hydrogens (tertiary/aromatic N) is 2. The van der Waals surface area contributed by atoms with Crippen LogP contribution < -0.4 is 15.5 Å². The number of ether oxygens (including phenoxy) is 2. The molecule has 188 valence electrons. The summed E-state index contributed by atoms with van der Waals surface area (Å²) in [6.45, 7) is 1.62. The molecular formula is C25H19N3O9. The Balaban J connectivity index is 1.89. The number of amides is 1. The highest BCUT2D eigenvalue weighted by atomic mass is 16.5. The third kappa shape index (κ3) is 4.89. The Morgan fingerprint density at radius 3 is 2.54 bits per heavy atom. The van der Waals surface area contributed by atoms with Crippen molar-refractivity contribution in [3.05, 3.63) is 76.7 Å². The van der Waals surface area contributed by atoms with Gasteiger partial charge in [0, 0.05) is 30.1 Å². The number of esters is 1. The topological polar surface area (TPSA) is 177 Å². The largest absolute Gasteiger partial charge is 0.504 e. The molecule has 4 aromatic rings. The number of carbonyl (C=O) groups is 3. The summed E-state index contributed by atoms with van der Waals surface area (Å²) in [6, 6.07) is 10.1. The average molecular weight is 505 g/mol. The van der Waals surface area contributed by atoms with Crippen molar-refractivity contribution >= 4 is 34.7 Å². The van der Waals surface area contributed by atoms with Crippen LogP contribution in [-0.4, -0.2) is 49.6 Å². The summed E-state index contributed by atoms with van der Waals surface area (Å²) >= 11 is 0. The van der Waals surface area contributed by atoms with E-state index in [0.717, 1.165) is 18.2 Å². The Morgan fingerprint density at radius 1 is 1.08 bits per heavy atom. The molecule has 0 saturated carbocycles. The van der Waals surface area contributed by atoms with Gasteiger partial charge in [-0.1, -0.05) is 0 Å². The van der Waals surface area contributed by atoms with E-state index >= 15 is 0 Å². The fourth-order valence-corrected chi connectivity index (χ4v) is 3.63. The van der Waals surface area contributed by atoms with Gasteiger partial charge in [0.25, 0.3) is 0 Å². The molecule has 0 atom stereocenters. The molecule has 0 aliphatic heterocycles. The van der Waals surface area contributed by atoms with Gasteiger partial charge >= 0.3 is 18.2 Å². The summed E-state index contributed by atoms with van der Waals surface area (Å²) in [4.78, 5) is 53.7. The highest BCUT2D eigenvalue weighted by Crippen LogP contribution is 2.36. The van der Waals surface area contributed by atoms with Gasteiger partial charge in [0.1, 0.15) is 5.75 Å². The Bertz CT molecular complexity index is 1600. The highest BCUT2D eigenvalue weighted by Gasteiger charge is 2.22. The van der Waals surface area contributed by atoms with Crippen LogP contribution in [0.3, 0.4) is 0 Å². The molecule has 0 radical (unpaired) electrons. The van der Waals surface area contributed by atoms with Gasteiger partial charge in [-0.05, 0) is 43.3 Å². The lowest BCUT2D eigenvalue weighted by molar-refractivity contribution is 0.0734. The number of aromatic hydroxyl groups is 2. The van der Waals surface area contributed by atoms with Gasteiger partial charge in [-0.25, -0.2) is 19.0 Å². The van der Waals surface area contributed by atoms with E-state index in [1.807, 2.05) is 0 Å². The molecule has 0 fully saturated rings. The summed E-state index contributed by atoms with van der Waals surface area (Å²) in [7, 11) is 0. The summed E-state index contributed by atoms with van der Waals surface area (Å²) in [5.41, 5.74) is -0.977. The van der Waals surface area contributed by atoms with Crippen molar-refractivity contribution in [2.24, 2.45) is 0 Å². The molecule has 2 heterocycles. The van der Waals surface area contributed by atoms with Crippen molar-refractivity contribution in [2.45, 2.75) is 6.92 Å². The van der Waals surface area contributed by atoms with Gasteiger partial charge < -0.3 is 24.8 Å². The fraction of sp³-hybridized carbons (Fsp3) is 0.0800. The lowest BCUT2D eigenvalue weighted by Gasteiger charge is -2.17. The van der Waals surface area contributed by atoms with E-state index in [-0.39, 0.29) is 40.4 Å². The second-order valence-corrected chi connectivity index (χ2v) is 7.52. The molecule has 0 spiro atoms. The van der Waals surface area contributed by atoms with Crippen LogP contribution in [0.2, 0.25) is 0 Å². The lowest BCUT2D eigenvalue weighted by atomic mass is 10.0. The second-order valence-electron chi connectivity index (χ2n) is 7.52. The Hall–Kier alpha value is -5.39. The minimum Gasteiger partial charge on any atom is -0.504 e. The maximum absolute atomic E-state index is 12.9. The van der Waals surface area contributed by atoms with Crippen LogP contribution >= 0.6 is 0 Å². The number of benzene rings is 2. The molecule has 1 amide bonds. The van der Waals surface area contributed by atoms with E-state index in [1.54, 1.807) is 13.0 Å². The average Bonchev–Trinajstić information content (AvgIpc) is 2.86. The van der Waals surface area contributed by atoms with Gasteiger partial charge in [0.2, 0.25) is 0 Å². The third-order valence-corrected chi connectivity index (χ3v) is 5.21. The van der Waals surface area contributed by atoms with Crippen LogP contribution in [0.4, 0.5) is 15.3 Å². The van der Waals surface area contributed by atoms with Crippen LogP contribution in [0.1, 0.15) is 17.3 Å². The van der Waals surface area contributed by atoms with Crippen LogP contribution in [0.15, 0.2) is 65.7 Å². The number of hydrogen-bond acceptors (Lipinski definition) is 9. The van der Waals surface area contributed by atoms with Gasteiger partial charge in [0.05, 0.1) is 34.5 Å². The number of rotatable bonds is 5. The zero-order chi connectivity index (χ0) is 26.7. The highest BCUT2D eigenvalue weighted by molar-refractivity contribution is 5.99. The van der Waals surface area contributed by atoms with E-state index < -0.39 is 40.5 Å². The minimum absolute atomic E-state index is 0.00280. The number of aromatic nitrogens is 2. The smallest absolute Gasteiger partial charge is 0.416 e. The first kappa shape index (κ1) is 24.7. The molecule has 37 heavy (non-hydrogen) atoms. The summed E-state index contributed by atoms with van der Waals surface area (Å²) in [6.07, 6.45) is 0.397. The van der Waals surface area contributed by atoms with Crippen LogP contribution in [0, 0.1) is 0 Å². The quantitative estimate of drug-likeness (QED) is 0.177. The Labute approximate surface area is 208 Å². The summed E-state index contributed by atoms with van der Waals surface area (Å²) in [5.74, 6) is -2.10. The van der Waals surface area contributed by atoms with Gasteiger partial charge in [-0.15, -0.1) is 0 Å². The van der Waals surface area contributed by atoms with Crippen LogP contribution in [0.5, 0.6) is 17.2 Å². The van der Waals surface area contributed by atoms with Crippen molar-refractivity contribution in [1.29, 1.82) is 0 Å². The molecule has 4 N–H and O–H groups in total. The monoisotopic (exact) mass is 505 g/mol. The number of carbonyl (C=O) groups excluding carboxylic acids is 2. The zero-order valence-corrected chi connectivity index (χ0v) is 19.2.